The molecular weight excluding hydrogens is 252 g/mol. The lowest BCUT2D eigenvalue weighted by Gasteiger charge is -2.32. The van der Waals surface area contributed by atoms with Gasteiger partial charge in [0, 0.05) is 25.8 Å². The van der Waals surface area contributed by atoms with E-state index >= 15 is 0 Å². The number of nitrogens with zero attached hydrogens (tertiary/aromatic N) is 3. The minimum absolute atomic E-state index is 0.153. The third-order valence-corrected chi connectivity index (χ3v) is 4.43. The van der Waals surface area contributed by atoms with Gasteiger partial charge in [-0.2, -0.15) is 5.10 Å². The van der Waals surface area contributed by atoms with Crippen molar-refractivity contribution in [1.82, 2.24) is 20.0 Å². The normalized spacial score (nSPS) is 16.7. The molecule has 2 rings (SSSR count). The lowest BCUT2D eigenvalue weighted by atomic mass is 9.93. The summed E-state index contributed by atoms with van der Waals surface area (Å²) in [5.41, 5.74) is 2.60. The van der Waals surface area contributed by atoms with Crippen molar-refractivity contribution in [3.05, 3.63) is 17.0 Å². The van der Waals surface area contributed by atoms with Crippen molar-refractivity contribution in [3.63, 3.8) is 0 Å². The lowest BCUT2D eigenvalue weighted by molar-refractivity contribution is 0.0685. The molecule has 0 saturated carbocycles. The molecular formula is C15H26N4O. The number of likely N-dealkylation sites (tertiary alicyclic amines) is 1. The van der Waals surface area contributed by atoms with Crippen LogP contribution in [0.1, 0.15) is 41.0 Å². The summed E-state index contributed by atoms with van der Waals surface area (Å²) in [6.07, 6.45) is 3.45. The minimum atomic E-state index is 0.153. The van der Waals surface area contributed by atoms with E-state index in [9.17, 15) is 4.79 Å². The molecule has 0 spiro atoms. The Morgan fingerprint density at radius 1 is 1.35 bits per heavy atom. The zero-order chi connectivity index (χ0) is 14.7. The van der Waals surface area contributed by atoms with Crippen LogP contribution in [0, 0.1) is 19.8 Å². The van der Waals surface area contributed by atoms with E-state index in [0.717, 1.165) is 55.3 Å². The molecule has 1 aliphatic rings. The molecule has 0 atom stereocenters. The van der Waals surface area contributed by atoms with Gasteiger partial charge in [-0.15, -0.1) is 0 Å². The second kappa shape index (κ2) is 6.39. The molecule has 1 fully saturated rings. The van der Waals surface area contributed by atoms with Gasteiger partial charge >= 0.3 is 0 Å². The van der Waals surface area contributed by atoms with Crippen LogP contribution in [0.2, 0.25) is 0 Å². The number of hydrogen-bond donors (Lipinski definition) is 1. The summed E-state index contributed by atoms with van der Waals surface area (Å²) in [6.45, 7) is 6.70. The molecule has 0 unspecified atom stereocenters. The Morgan fingerprint density at radius 3 is 2.50 bits per heavy atom. The fraction of sp³-hybridized carbons (Fsp3) is 0.733. The lowest BCUT2D eigenvalue weighted by Crippen LogP contribution is -2.39. The number of piperidine rings is 1. The largest absolute Gasteiger partial charge is 0.339 e. The molecule has 20 heavy (non-hydrogen) atoms. The van der Waals surface area contributed by atoms with E-state index in [4.69, 9.17) is 0 Å². The molecule has 1 saturated heterocycles. The quantitative estimate of drug-likeness (QED) is 0.908. The Labute approximate surface area is 121 Å². The van der Waals surface area contributed by atoms with E-state index in [1.807, 2.05) is 32.8 Å². The Balaban J connectivity index is 1.98. The number of rotatable bonds is 4. The summed E-state index contributed by atoms with van der Waals surface area (Å²) >= 11 is 0. The predicted molar refractivity (Wildman–Crippen MR) is 79.9 cm³/mol. The van der Waals surface area contributed by atoms with Crippen LogP contribution in [0.4, 0.5) is 0 Å². The maximum atomic E-state index is 12.6. The van der Waals surface area contributed by atoms with Crippen LogP contribution in [0.5, 0.6) is 0 Å². The standard InChI is InChI=1S/C15H26N4O/c1-11-14(12(2)18(4)17-11)15(20)19-9-6-13(7-10-19)5-8-16-3/h13,16H,5-10H2,1-4H3. The molecule has 2 heterocycles. The molecule has 1 aliphatic heterocycles. The van der Waals surface area contributed by atoms with Gasteiger partial charge in [-0.25, -0.2) is 0 Å². The van der Waals surface area contributed by atoms with Gasteiger partial charge in [-0.3, -0.25) is 9.48 Å². The predicted octanol–water partition coefficient (Wildman–Crippen LogP) is 1.50. The van der Waals surface area contributed by atoms with E-state index in [-0.39, 0.29) is 5.91 Å². The summed E-state index contributed by atoms with van der Waals surface area (Å²) in [4.78, 5) is 14.6. The first kappa shape index (κ1) is 15.0. The van der Waals surface area contributed by atoms with Crippen LogP contribution in [-0.2, 0) is 7.05 Å². The van der Waals surface area contributed by atoms with Crippen LogP contribution in [0.25, 0.3) is 0 Å². The highest BCUT2D eigenvalue weighted by Gasteiger charge is 2.26. The molecule has 0 aliphatic carbocycles. The average molecular weight is 278 g/mol. The van der Waals surface area contributed by atoms with Crippen molar-refractivity contribution in [3.8, 4) is 0 Å². The van der Waals surface area contributed by atoms with Crippen molar-refractivity contribution < 1.29 is 4.79 Å². The number of aromatic nitrogens is 2. The van der Waals surface area contributed by atoms with Gasteiger partial charge in [0.05, 0.1) is 11.3 Å². The number of nitrogens with one attached hydrogen (secondary N) is 1. The summed E-state index contributed by atoms with van der Waals surface area (Å²) < 4.78 is 1.79. The van der Waals surface area contributed by atoms with E-state index in [1.54, 1.807) is 4.68 Å². The summed E-state index contributed by atoms with van der Waals surface area (Å²) in [5, 5.41) is 7.54. The Hall–Kier alpha value is -1.36. The van der Waals surface area contributed by atoms with Crippen molar-refractivity contribution in [2.24, 2.45) is 13.0 Å². The molecule has 0 bridgehead atoms. The molecule has 112 valence electrons. The van der Waals surface area contributed by atoms with Gasteiger partial charge < -0.3 is 10.2 Å². The van der Waals surface area contributed by atoms with Crippen molar-refractivity contribution in [1.29, 1.82) is 0 Å². The SMILES string of the molecule is CNCCC1CCN(C(=O)c2c(C)nn(C)c2C)CC1. The molecule has 1 amide bonds. The van der Waals surface area contributed by atoms with Crippen LogP contribution < -0.4 is 5.32 Å². The Bertz CT molecular complexity index is 472. The zero-order valence-corrected chi connectivity index (χ0v) is 13.1. The van der Waals surface area contributed by atoms with Gasteiger partial charge in [-0.05, 0) is 52.6 Å². The highest BCUT2D eigenvalue weighted by molar-refractivity contribution is 5.96. The number of amides is 1. The average Bonchev–Trinajstić information content (AvgIpc) is 2.70. The summed E-state index contributed by atoms with van der Waals surface area (Å²) in [6, 6.07) is 0. The van der Waals surface area contributed by atoms with Crippen molar-refractivity contribution in [2.45, 2.75) is 33.1 Å². The number of carbonyl (C=O) groups is 1. The first-order chi connectivity index (χ1) is 9.54. The zero-order valence-electron chi connectivity index (χ0n) is 13.1. The van der Waals surface area contributed by atoms with Crippen molar-refractivity contribution in [2.75, 3.05) is 26.7 Å². The molecule has 0 radical (unpaired) electrons. The molecule has 1 aromatic rings. The molecule has 1 N–H and O–H groups in total. The first-order valence-corrected chi connectivity index (χ1v) is 7.48. The number of hydrogen-bond acceptors (Lipinski definition) is 3. The van der Waals surface area contributed by atoms with Gasteiger partial charge in [0.1, 0.15) is 0 Å². The van der Waals surface area contributed by atoms with Crippen LogP contribution in [0.3, 0.4) is 0 Å². The van der Waals surface area contributed by atoms with Crippen LogP contribution in [0.15, 0.2) is 0 Å². The van der Waals surface area contributed by atoms with Crippen LogP contribution in [-0.4, -0.2) is 47.3 Å². The number of aryl methyl sites for hydroxylation is 2. The molecule has 5 nitrogen and oxygen atoms in total. The maximum absolute atomic E-state index is 12.6. The second-order valence-electron chi connectivity index (χ2n) is 5.80. The highest BCUT2D eigenvalue weighted by Crippen LogP contribution is 2.23. The third kappa shape index (κ3) is 3.03. The van der Waals surface area contributed by atoms with Gasteiger partial charge in [0.2, 0.25) is 0 Å². The second-order valence-corrected chi connectivity index (χ2v) is 5.80. The Morgan fingerprint density at radius 2 is 2.00 bits per heavy atom. The molecule has 0 aromatic carbocycles. The fourth-order valence-corrected chi connectivity index (χ4v) is 3.01. The summed E-state index contributed by atoms with van der Waals surface area (Å²) in [5.74, 6) is 0.905. The van der Waals surface area contributed by atoms with E-state index in [2.05, 4.69) is 10.4 Å². The highest BCUT2D eigenvalue weighted by atomic mass is 16.2. The topological polar surface area (TPSA) is 50.2 Å². The van der Waals surface area contributed by atoms with Gasteiger partial charge in [0.15, 0.2) is 0 Å². The maximum Gasteiger partial charge on any atom is 0.257 e. The summed E-state index contributed by atoms with van der Waals surface area (Å²) in [7, 11) is 3.88. The van der Waals surface area contributed by atoms with E-state index < -0.39 is 0 Å². The number of carbonyl (C=O) groups excluding carboxylic acids is 1. The Kier molecular flexibility index (Phi) is 4.81. The third-order valence-electron chi connectivity index (χ3n) is 4.43. The molecule has 1 aromatic heterocycles. The smallest absolute Gasteiger partial charge is 0.257 e. The van der Waals surface area contributed by atoms with Gasteiger partial charge in [0.25, 0.3) is 5.91 Å². The fourth-order valence-electron chi connectivity index (χ4n) is 3.01. The van der Waals surface area contributed by atoms with Crippen LogP contribution >= 0.6 is 0 Å². The van der Waals surface area contributed by atoms with E-state index in [1.165, 1.54) is 6.42 Å². The first-order valence-electron chi connectivity index (χ1n) is 7.48. The van der Waals surface area contributed by atoms with E-state index in [0.29, 0.717) is 0 Å². The van der Waals surface area contributed by atoms with Crippen molar-refractivity contribution >= 4 is 5.91 Å². The monoisotopic (exact) mass is 278 g/mol. The molecule has 5 heteroatoms. The van der Waals surface area contributed by atoms with Gasteiger partial charge in [-0.1, -0.05) is 0 Å². The minimum Gasteiger partial charge on any atom is -0.339 e.